The average Bonchev–Trinajstić information content (AvgIpc) is 3.88. The molecule has 2 amide bonds. The van der Waals surface area contributed by atoms with Crippen molar-refractivity contribution in [2.24, 2.45) is 0 Å². The number of hydrogen-bond donors (Lipinski definition) is 0. The van der Waals surface area contributed by atoms with E-state index in [1.54, 1.807) is 29.3 Å². The third kappa shape index (κ3) is 16.8. The minimum absolute atomic E-state index is 0. The first kappa shape index (κ1) is 51.0. The first-order valence-corrected chi connectivity index (χ1v) is 20.8. The zero-order chi connectivity index (χ0) is 43.0. The SMILES string of the molecule is CC(C)(C)OC(=O)N1CC[C@@H](OCCCCc2cc(Cl)c3cccnc3n2)C1.COc1cc(CCCCO[C@@H]2CCN(C(=O)OC(C)(C)C)C2)nc2ncccc12.C[O-].[Na+]. The van der Waals surface area contributed by atoms with Crippen LogP contribution in [0, 0.1) is 0 Å². The first-order valence-electron chi connectivity index (χ1n) is 20.5. The van der Waals surface area contributed by atoms with Crippen molar-refractivity contribution in [2.45, 2.75) is 116 Å². The summed E-state index contributed by atoms with van der Waals surface area (Å²) in [5.74, 6) is 0.808. The van der Waals surface area contributed by atoms with E-state index < -0.39 is 11.2 Å². The number of fused-ring (bicyclic) bond motifs is 2. The van der Waals surface area contributed by atoms with Crippen LogP contribution >= 0.6 is 11.6 Å². The first-order chi connectivity index (χ1) is 28.2. The van der Waals surface area contributed by atoms with Crippen LogP contribution in [0.2, 0.25) is 5.02 Å². The van der Waals surface area contributed by atoms with Crippen molar-refractivity contribution >= 4 is 45.9 Å². The monoisotopic (exact) mass is 860 g/mol. The van der Waals surface area contributed by atoms with Crippen LogP contribution in [0.25, 0.3) is 22.1 Å². The van der Waals surface area contributed by atoms with E-state index in [-0.39, 0.29) is 54.0 Å². The van der Waals surface area contributed by atoms with Crippen molar-refractivity contribution in [3.8, 4) is 5.75 Å². The van der Waals surface area contributed by atoms with Gasteiger partial charge in [-0.2, -0.15) is 7.11 Å². The molecular weight excluding hydrogens is 799 g/mol. The number of unbranched alkanes of at least 4 members (excludes halogenated alkanes) is 2. The van der Waals surface area contributed by atoms with E-state index in [9.17, 15) is 9.59 Å². The van der Waals surface area contributed by atoms with Crippen LogP contribution in [0.1, 0.15) is 91.5 Å². The summed E-state index contributed by atoms with van der Waals surface area (Å²) < 4.78 is 28.2. The predicted octanol–water partition coefficient (Wildman–Crippen LogP) is 4.60. The molecule has 14 nitrogen and oxygen atoms in total. The number of likely N-dealkylation sites (tertiary alicyclic amines) is 2. The van der Waals surface area contributed by atoms with Crippen LogP contribution in [0.5, 0.6) is 5.75 Å². The zero-order valence-corrected chi connectivity index (χ0v) is 39.8. The Hall–Kier alpha value is -3.37. The van der Waals surface area contributed by atoms with Gasteiger partial charge in [-0.3, -0.25) is 0 Å². The number of pyridine rings is 4. The van der Waals surface area contributed by atoms with E-state index in [0.29, 0.717) is 55.7 Å². The second kappa shape index (κ2) is 24.9. The molecule has 6 heterocycles. The van der Waals surface area contributed by atoms with Gasteiger partial charge in [0.15, 0.2) is 11.3 Å². The number of halogens is 1. The number of carbonyl (C=O) groups is 2. The Morgan fingerprint density at radius 3 is 1.65 bits per heavy atom. The number of nitrogens with zero attached hydrogens (tertiary/aromatic N) is 6. The molecule has 0 unspecified atom stereocenters. The second-order valence-corrected chi connectivity index (χ2v) is 16.9. The van der Waals surface area contributed by atoms with Gasteiger partial charge < -0.3 is 38.6 Å². The predicted molar refractivity (Wildman–Crippen MR) is 227 cm³/mol. The Labute approximate surface area is 382 Å². The molecule has 0 N–H and O–H groups in total. The van der Waals surface area contributed by atoms with Crippen molar-refractivity contribution in [3.05, 3.63) is 65.2 Å². The van der Waals surface area contributed by atoms with E-state index in [4.69, 9.17) is 40.4 Å². The molecule has 6 rings (SSSR count). The summed E-state index contributed by atoms with van der Waals surface area (Å²) >= 11 is 6.32. The molecular formula is C44H62ClN6NaO8. The fourth-order valence-corrected chi connectivity index (χ4v) is 6.87. The molecule has 4 aromatic heterocycles. The quantitative estimate of drug-likeness (QED) is 0.136. The van der Waals surface area contributed by atoms with Gasteiger partial charge in [-0.05, 0) is 123 Å². The van der Waals surface area contributed by atoms with Crippen molar-refractivity contribution in [1.82, 2.24) is 29.7 Å². The van der Waals surface area contributed by atoms with Crippen LogP contribution in [-0.2, 0) is 31.8 Å². The zero-order valence-electron chi connectivity index (χ0n) is 37.0. The van der Waals surface area contributed by atoms with Crippen LogP contribution in [0.4, 0.5) is 9.59 Å². The molecule has 0 aliphatic carbocycles. The number of hydrogen-bond acceptors (Lipinski definition) is 12. The third-order valence-electron chi connectivity index (χ3n) is 9.36. The third-order valence-corrected chi connectivity index (χ3v) is 9.67. The Morgan fingerprint density at radius 2 is 1.18 bits per heavy atom. The molecule has 2 saturated heterocycles. The van der Waals surface area contributed by atoms with Gasteiger partial charge in [0.2, 0.25) is 0 Å². The van der Waals surface area contributed by atoms with E-state index in [2.05, 4.69) is 19.9 Å². The molecule has 60 heavy (non-hydrogen) atoms. The summed E-state index contributed by atoms with van der Waals surface area (Å²) in [6.45, 7) is 15.2. The Morgan fingerprint density at radius 1 is 0.733 bits per heavy atom. The smallest absolute Gasteiger partial charge is 0.857 e. The number of carbonyl (C=O) groups excluding carboxylic acids is 2. The van der Waals surface area contributed by atoms with Crippen LogP contribution in [0.3, 0.4) is 0 Å². The normalized spacial score (nSPS) is 16.4. The van der Waals surface area contributed by atoms with Gasteiger partial charge in [-0.25, -0.2) is 29.5 Å². The fourth-order valence-electron chi connectivity index (χ4n) is 6.60. The van der Waals surface area contributed by atoms with Gasteiger partial charge in [0.1, 0.15) is 17.0 Å². The number of rotatable bonds is 13. The van der Waals surface area contributed by atoms with Gasteiger partial charge in [0, 0.05) is 61.5 Å². The summed E-state index contributed by atoms with van der Waals surface area (Å²) in [5.41, 5.74) is 2.40. The largest absolute Gasteiger partial charge is 1.00 e. The molecule has 2 fully saturated rings. The van der Waals surface area contributed by atoms with Crippen LogP contribution < -0.4 is 39.4 Å². The van der Waals surface area contributed by atoms with Gasteiger partial charge in [0.05, 0.1) is 42.8 Å². The molecule has 0 bridgehead atoms. The van der Waals surface area contributed by atoms with Crippen molar-refractivity contribution in [1.29, 1.82) is 0 Å². The van der Waals surface area contributed by atoms with Crippen molar-refractivity contribution < 1.29 is 67.9 Å². The Balaban J connectivity index is 0.000000303. The molecule has 0 spiro atoms. The fraction of sp³-hybridized carbons (Fsp3) is 0.591. The molecule has 324 valence electrons. The molecule has 0 aromatic carbocycles. The number of amides is 2. The van der Waals surface area contributed by atoms with Crippen LogP contribution in [0.15, 0.2) is 48.8 Å². The minimum Gasteiger partial charge on any atom is -0.857 e. The second-order valence-electron chi connectivity index (χ2n) is 16.5. The Bertz CT molecular complexity index is 1940. The summed E-state index contributed by atoms with van der Waals surface area (Å²) in [6, 6.07) is 11.5. The van der Waals surface area contributed by atoms with Gasteiger partial charge in [-0.1, -0.05) is 11.6 Å². The Kier molecular flexibility index (Phi) is 21.2. The molecule has 0 radical (unpaired) electrons. The summed E-state index contributed by atoms with van der Waals surface area (Å²) in [4.78, 5) is 45.5. The summed E-state index contributed by atoms with van der Waals surface area (Å²) in [6.07, 6.45) is 10.3. The average molecular weight is 861 g/mol. The maximum absolute atomic E-state index is 12.1. The number of ether oxygens (including phenoxy) is 5. The number of aryl methyl sites for hydroxylation is 2. The molecule has 2 aliphatic heterocycles. The number of aromatic nitrogens is 4. The number of methoxy groups -OCH3 is 1. The van der Waals surface area contributed by atoms with Gasteiger partial charge >= 0.3 is 41.7 Å². The summed E-state index contributed by atoms with van der Waals surface area (Å²) in [5, 5.41) is 10.8. The maximum Gasteiger partial charge on any atom is 1.00 e. The summed E-state index contributed by atoms with van der Waals surface area (Å²) in [7, 11) is 2.42. The van der Waals surface area contributed by atoms with Crippen molar-refractivity contribution in [3.63, 3.8) is 0 Å². The van der Waals surface area contributed by atoms with Gasteiger partial charge in [0.25, 0.3) is 0 Å². The van der Waals surface area contributed by atoms with Gasteiger partial charge in [-0.15, -0.1) is 0 Å². The maximum atomic E-state index is 12.1. The molecule has 16 heteroatoms. The molecule has 4 aromatic rings. The van der Waals surface area contributed by atoms with Crippen molar-refractivity contribution in [2.75, 3.05) is 53.6 Å². The standard InChI is InChI=1S/C22H31N3O4.C21H28ClN3O3.CH3O.Na/c1-22(2,3)29-21(26)25-12-10-17(15-25)28-13-6-5-8-16-14-19(27-4)18-9-7-11-23-20(18)24-16;1-21(2,3)28-20(26)25-11-9-16(14-25)27-12-5-4-7-15-13-18(22)17-8-6-10-23-19(17)24-15;1-2;/h7,9,11,14,17H,5-6,8,10,12-13,15H2,1-4H3;6,8,10,13,16H,4-5,7,9,11-12,14H2,1-3H3;1H3;/q;;-1;+1/t17-;16-;;/m11../s1. The molecule has 2 aliphatic rings. The van der Waals surface area contributed by atoms with E-state index in [0.717, 1.165) is 86.4 Å². The topological polar surface area (TPSA) is 161 Å². The van der Waals surface area contributed by atoms with Crippen LogP contribution in [-0.4, -0.2) is 119 Å². The van der Waals surface area contributed by atoms with E-state index in [1.165, 1.54) is 0 Å². The molecule has 0 saturated carbocycles. The van der Waals surface area contributed by atoms with E-state index >= 15 is 0 Å². The van der Waals surface area contributed by atoms with E-state index in [1.807, 2.05) is 77.9 Å². The molecule has 2 atom stereocenters. The minimum atomic E-state index is -0.467.